The van der Waals surface area contributed by atoms with Gasteiger partial charge in [0.15, 0.2) is 5.75 Å². The average Bonchev–Trinajstić information content (AvgIpc) is 2.16. The van der Waals surface area contributed by atoms with Crippen LogP contribution in [0.5, 0.6) is 11.5 Å². The van der Waals surface area contributed by atoms with E-state index in [0.29, 0.717) is 11.3 Å². The molecule has 0 radical (unpaired) electrons. The maximum absolute atomic E-state index is 8.74. The first kappa shape index (κ1) is 11.6. The predicted octanol–water partition coefficient (Wildman–Crippen LogP) is 2.78. The van der Waals surface area contributed by atoms with Gasteiger partial charge in [-0.1, -0.05) is 0 Å². The topological polar surface area (TPSA) is 42.2 Å². The highest BCUT2D eigenvalue weighted by Crippen LogP contribution is 2.29. The van der Waals surface area contributed by atoms with Crippen LogP contribution in [0.3, 0.4) is 0 Å². The molecule has 80 valence electrons. The van der Waals surface area contributed by atoms with Crippen molar-refractivity contribution < 1.29 is 9.16 Å². The number of rotatable bonds is 3. The van der Waals surface area contributed by atoms with Gasteiger partial charge in [0, 0.05) is 6.07 Å². The van der Waals surface area contributed by atoms with Gasteiger partial charge in [-0.05, 0) is 31.8 Å². The number of nitriles is 1. The Morgan fingerprint density at radius 2 is 1.87 bits per heavy atom. The van der Waals surface area contributed by atoms with E-state index in [1.54, 1.807) is 25.3 Å². The molecular formula is C11H15NO2Si. The summed E-state index contributed by atoms with van der Waals surface area (Å²) in [6.45, 7) is 6.31. The SMILES string of the molecule is COc1cc(C#N)ccc1O[Si](C)(C)C. The first-order valence-corrected chi connectivity index (χ1v) is 8.14. The Hall–Kier alpha value is -1.47. The standard InChI is InChI=1S/C11H15NO2Si/c1-13-11-7-9(8-12)5-6-10(11)14-15(2,3)4/h5-7H,1-4H3. The van der Waals surface area contributed by atoms with Crippen molar-refractivity contribution in [2.24, 2.45) is 0 Å². The van der Waals surface area contributed by atoms with Crippen molar-refractivity contribution in [2.45, 2.75) is 19.6 Å². The third-order valence-electron chi connectivity index (χ3n) is 1.71. The van der Waals surface area contributed by atoms with Gasteiger partial charge in [0.2, 0.25) is 8.32 Å². The fourth-order valence-electron chi connectivity index (χ4n) is 1.15. The van der Waals surface area contributed by atoms with Gasteiger partial charge in [-0.25, -0.2) is 0 Å². The fraction of sp³-hybridized carbons (Fsp3) is 0.364. The fourth-order valence-corrected chi connectivity index (χ4v) is 1.98. The number of methoxy groups -OCH3 is 1. The van der Waals surface area contributed by atoms with Crippen LogP contribution in [-0.4, -0.2) is 15.4 Å². The third-order valence-corrected chi connectivity index (χ3v) is 2.54. The summed E-state index contributed by atoms with van der Waals surface area (Å²) in [7, 11) is -0.0592. The molecule has 1 rings (SSSR count). The monoisotopic (exact) mass is 221 g/mol. The first-order chi connectivity index (χ1) is 6.96. The maximum atomic E-state index is 8.74. The Morgan fingerprint density at radius 3 is 2.33 bits per heavy atom. The molecule has 0 bridgehead atoms. The second kappa shape index (κ2) is 4.37. The lowest BCUT2D eigenvalue weighted by Crippen LogP contribution is -2.29. The Bertz CT molecular complexity index is 391. The molecule has 0 atom stereocenters. The van der Waals surface area contributed by atoms with Gasteiger partial charge in [0.25, 0.3) is 0 Å². The molecule has 0 amide bonds. The summed E-state index contributed by atoms with van der Waals surface area (Å²) in [5, 5.41) is 8.74. The van der Waals surface area contributed by atoms with E-state index < -0.39 is 8.32 Å². The summed E-state index contributed by atoms with van der Waals surface area (Å²) in [4.78, 5) is 0. The molecule has 0 saturated carbocycles. The van der Waals surface area contributed by atoms with Gasteiger partial charge >= 0.3 is 0 Å². The molecule has 0 aliphatic rings. The zero-order valence-electron chi connectivity index (χ0n) is 9.50. The Kier molecular flexibility index (Phi) is 3.38. The number of nitrogens with zero attached hydrogens (tertiary/aromatic N) is 1. The summed E-state index contributed by atoms with van der Waals surface area (Å²) in [5.74, 6) is 1.34. The second-order valence-electron chi connectivity index (χ2n) is 4.19. The molecule has 0 spiro atoms. The molecule has 1 aromatic rings. The van der Waals surface area contributed by atoms with Crippen LogP contribution >= 0.6 is 0 Å². The smallest absolute Gasteiger partial charge is 0.242 e. The number of ether oxygens (including phenoxy) is 1. The zero-order valence-corrected chi connectivity index (χ0v) is 10.5. The normalized spacial score (nSPS) is 10.6. The molecule has 0 saturated heterocycles. The van der Waals surface area contributed by atoms with Crippen LogP contribution in [0.2, 0.25) is 19.6 Å². The lowest BCUT2D eigenvalue weighted by Gasteiger charge is -2.20. The van der Waals surface area contributed by atoms with E-state index in [1.807, 2.05) is 0 Å². The highest BCUT2D eigenvalue weighted by Gasteiger charge is 2.18. The molecule has 0 N–H and O–H groups in total. The highest BCUT2D eigenvalue weighted by molar-refractivity contribution is 6.70. The van der Waals surface area contributed by atoms with Crippen LogP contribution in [0.25, 0.3) is 0 Å². The van der Waals surface area contributed by atoms with Crippen molar-refractivity contribution in [1.82, 2.24) is 0 Å². The van der Waals surface area contributed by atoms with Crippen LogP contribution < -0.4 is 9.16 Å². The van der Waals surface area contributed by atoms with Crippen molar-refractivity contribution in [3.8, 4) is 17.6 Å². The van der Waals surface area contributed by atoms with E-state index in [4.69, 9.17) is 14.4 Å². The van der Waals surface area contributed by atoms with E-state index in [0.717, 1.165) is 5.75 Å². The summed E-state index contributed by atoms with van der Waals surface area (Å²) >= 11 is 0. The zero-order chi connectivity index (χ0) is 11.5. The quantitative estimate of drug-likeness (QED) is 0.737. The van der Waals surface area contributed by atoms with E-state index in [2.05, 4.69) is 25.7 Å². The van der Waals surface area contributed by atoms with Crippen molar-refractivity contribution in [3.63, 3.8) is 0 Å². The van der Waals surface area contributed by atoms with Crippen molar-refractivity contribution in [2.75, 3.05) is 7.11 Å². The molecule has 0 aliphatic heterocycles. The molecule has 0 fully saturated rings. The molecule has 1 aromatic carbocycles. The summed E-state index contributed by atoms with van der Waals surface area (Å²) in [6.07, 6.45) is 0. The first-order valence-electron chi connectivity index (χ1n) is 4.73. The molecule has 4 heteroatoms. The van der Waals surface area contributed by atoms with Gasteiger partial charge in [-0.2, -0.15) is 5.26 Å². The average molecular weight is 221 g/mol. The molecule has 0 aliphatic carbocycles. The summed E-state index contributed by atoms with van der Waals surface area (Å²) < 4.78 is 11.0. The molecule has 3 nitrogen and oxygen atoms in total. The van der Waals surface area contributed by atoms with E-state index in [-0.39, 0.29) is 0 Å². The highest BCUT2D eigenvalue weighted by atomic mass is 28.4. The van der Waals surface area contributed by atoms with Gasteiger partial charge in [-0.3, -0.25) is 0 Å². The Balaban J connectivity index is 3.04. The summed E-state index contributed by atoms with van der Waals surface area (Å²) in [6, 6.07) is 7.28. The van der Waals surface area contributed by atoms with Gasteiger partial charge in [0.1, 0.15) is 5.75 Å². The predicted molar refractivity (Wildman–Crippen MR) is 61.7 cm³/mol. The van der Waals surface area contributed by atoms with Crippen LogP contribution in [-0.2, 0) is 0 Å². The van der Waals surface area contributed by atoms with E-state index >= 15 is 0 Å². The van der Waals surface area contributed by atoms with Crippen LogP contribution in [0.1, 0.15) is 5.56 Å². The van der Waals surface area contributed by atoms with Crippen LogP contribution in [0.4, 0.5) is 0 Å². The van der Waals surface area contributed by atoms with Gasteiger partial charge in [0.05, 0.1) is 18.7 Å². The molecule has 15 heavy (non-hydrogen) atoms. The van der Waals surface area contributed by atoms with E-state index in [9.17, 15) is 0 Å². The second-order valence-corrected chi connectivity index (χ2v) is 8.62. The summed E-state index contributed by atoms with van der Waals surface area (Å²) in [5.41, 5.74) is 0.578. The lowest BCUT2D eigenvalue weighted by molar-refractivity contribution is 0.392. The number of hydrogen-bond donors (Lipinski definition) is 0. The van der Waals surface area contributed by atoms with Crippen molar-refractivity contribution in [1.29, 1.82) is 5.26 Å². The van der Waals surface area contributed by atoms with Crippen LogP contribution in [0, 0.1) is 11.3 Å². The van der Waals surface area contributed by atoms with E-state index in [1.165, 1.54) is 0 Å². The minimum absolute atomic E-state index is 0.578. The van der Waals surface area contributed by atoms with Gasteiger partial charge < -0.3 is 9.16 Å². The molecule has 0 heterocycles. The van der Waals surface area contributed by atoms with Crippen molar-refractivity contribution >= 4 is 8.32 Å². The van der Waals surface area contributed by atoms with Crippen molar-refractivity contribution in [3.05, 3.63) is 23.8 Å². The molecular weight excluding hydrogens is 206 g/mol. The Morgan fingerprint density at radius 1 is 1.20 bits per heavy atom. The molecule has 0 unspecified atom stereocenters. The third kappa shape index (κ3) is 3.29. The number of benzene rings is 1. The maximum Gasteiger partial charge on any atom is 0.242 e. The number of hydrogen-bond acceptors (Lipinski definition) is 3. The van der Waals surface area contributed by atoms with Crippen LogP contribution in [0.15, 0.2) is 18.2 Å². The van der Waals surface area contributed by atoms with Gasteiger partial charge in [-0.15, -0.1) is 0 Å². The largest absolute Gasteiger partial charge is 0.542 e. The minimum atomic E-state index is -1.64. The minimum Gasteiger partial charge on any atom is -0.542 e. The lowest BCUT2D eigenvalue weighted by atomic mass is 10.2. The molecule has 0 aromatic heterocycles. The Labute approximate surface area is 91.4 Å².